The monoisotopic (exact) mass is 250 g/mol. The predicted molar refractivity (Wildman–Crippen MR) is 71.4 cm³/mol. The van der Waals surface area contributed by atoms with Crippen LogP contribution in [0.25, 0.3) is 0 Å². The van der Waals surface area contributed by atoms with Gasteiger partial charge < -0.3 is 10.7 Å². The van der Waals surface area contributed by atoms with E-state index in [0.29, 0.717) is 16.8 Å². The first-order chi connectivity index (χ1) is 8.62. The molecule has 0 heterocycles. The molecule has 1 saturated carbocycles. The van der Waals surface area contributed by atoms with Crippen molar-refractivity contribution in [3.8, 4) is 0 Å². The van der Waals surface area contributed by atoms with Crippen molar-refractivity contribution in [1.82, 2.24) is 0 Å². The van der Waals surface area contributed by atoms with Crippen molar-refractivity contribution in [1.29, 1.82) is 0 Å². The molecular formula is C12H18N4O2. The Morgan fingerprint density at radius 2 is 2.11 bits per heavy atom. The van der Waals surface area contributed by atoms with Gasteiger partial charge in [-0.2, -0.15) is 0 Å². The molecule has 1 aromatic carbocycles. The quantitative estimate of drug-likeness (QED) is 0.409. The van der Waals surface area contributed by atoms with Gasteiger partial charge in [-0.1, -0.05) is 13.0 Å². The molecule has 2 rings (SSSR count). The van der Waals surface area contributed by atoms with Gasteiger partial charge in [-0.3, -0.25) is 16.0 Å². The molecule has 0 amide bonds. The second-order valence-electron chi connectivity index (χ2n) is 4.81. The Bertz CT molecular complexity index is 457. The van der Waals surface area contributed by atoms with Gasteiger partial charge in [-0.15, -0.1) is 0 Å². The fourth-order valence-corrected chi connectivity index (χ4v) is 2.11. The summed E-state index contributed by atoms with van der Waals surface area (Å²) in [5, 5.41) is 14.3. The zero-order valence-electron chi connectivity index (χ0n) is 10.4. The maximum Gasteiger partial charge on any atom is 0.316 e. The SMILES string of the molecule is CCC1(CNc2cccc(NN)c2[N+](=O)[O-])CC1. The van der Waals surface area contributed by atoms with Gasteiger partial charge in [0.1, 0.15) is 11.4 Å². The van der Waals surface area contributed by atoms with E-state index >= 15 is 0 Å². The van der Waals surface area contributed by atoms with Crippen LogP contribution in [0, 0.1) is 15.5 Å². The van der Waals surface area contributed by atoms with Crippen molar-refractivity contribution in [3.05, 3.63) is 28.3 Å². The lowest BCUT2D eigenvalue weighted by atomic mass is 10.0. The van der Waals surface area contributed by atoms with E-state index < -0.39 is 4.92 Å². The first-order valence-corrected chi connectivity index (χ1v) is 6.10. The second-order valence-corrected chi connectivity index (χ2v) is 4.81. The fourth-order valence-electron chi connectivity index (χ4n) is 2.11. The Kier molecular flexibility index (Phi) is 3.38. The Morgan fingerprint density at radius 3 is 2.61 bits per heavy atom. The highest BCUT2D eigenvalue weighted by atomic mass is 16.6. The summed E-state index contributed by atoms with van der Waals surface area (Å²) in [6.07, 6.45) is 3.49. The molecule has 0 unspecified atom stereocenters. The van der Waals surface area contributed by atoms with E-state index in [9.17, 15) is 10.1 Å². The summed E-state index contributed by atoms with van der Waals surface area (Å²) < 4.78 is 0. The number of nitrogens with two attached hydrogens (primary N) is 1. The molecule has 0 saturated heterocycles. The number of benzene rings is 1. The largest absolute Gasteiger partial charge is 0.379 e. The van der Waals surface area contributed by atoms with Crippen molar-refractivity contribution in [2.75, 3.05) is 17.3 Å². The Labute approximate surface area is 106 Å². The van der Waals surface area contributed by atoms with E-state index in [4.69, 9.17) is 5.84 Å². The molecule has 4 N–H and O–H groups in total. The molecule has 0 bridgehead atoms. The minimum absolute atomic E-state index is 0.00639. The molecule has 0 spiro atoms. The molecular weight excluding hydrogens is 232 g/mol. The first-order valence-electron chi connectivity index (χ1n) is 6.10. The average Bonchev–Trinajstić information content (AvgIpc) is 3.16. The topological polar surface area (TPSA) is 93.2 Å². The highest BCUT2D eigenvalue weighted by Crippen LogP contribution is 2.48. The lowest BCUT2D eigenvalue weighted by Crippen LogP contribution is -2.16. The Morgan fingerprint density at radius 1 is 1.44 bits per heavy atom. The number of para-hydroxylation sites is 1. The molecule has 0 atom stereocenters. The standard InChI is InChI=1S/C12H18N4O2/c1-2-12(6-7-12)8-14-9-4-3-5-10(15-13)11(9)16(17)18/h3-5,14-15H,2,6-8,13H2,1H3. The van der Waals surface area contributed by atoms with Gasteiger partial charge in [-0.25, -0.2) is 0 Å². The number of nitrogens with one attached hydrogen (secondary N) is 2. The van der Waals surface area contributed by atoms with Crippen molar-refractivity contribution in [2.24, 2.45) is 11.3 Å². The zero-order chi connectivity index (χ0) is 13.2. The summed E-state index contributed by atoms with van der Waals surface area (Å²) in [6, 6.07) is 5.05. The highest BCUT2D eigenvalue weighted by molar-refractivity contribution is 5.75. The fraction of sp³-hybridized carbons (Fsp3) is 0.500. The summed E-state index contributed by atoms with van der Waals surface area (Å²) >= 11 is 0. The van der Waals surface area contributed by atoms with Gasteiger partial charge in [0.2, 0.25) is 0 Å². The molecule has 18 heavy (non-hydrogen) atoms. The minimum Gasteiger partial charge on any atom is -0.379 e. The van der Waals surface area contributed by atoms with Gasteiger partial charge in [-0.05, 0) is 36.8 Å². The van der Waals surface area contributed by atoms with Gasteiger partial charge >= 0.3 is 5.69 Å². The summed E-state index contributed by atoms with van der Waals surface area (Å²) in [5.74, 6) is 5.30. The third kappa shape index (κ3) is 2.38. The summed E-state index contributed by atoms with van der Waals surface area (Å²) in [6.45, 7) is 2.93. The number of hydrogen-bond acceptors (Lipinski definition) is 5. The van der Waals surface area contributed by atoms with E-state index in [2.05, 4.69) is 17.7 Å². The number of nitro benzene ring substituents is 1. The summed E-state index contributed by atoms with van der Waals surface area (Å²) in [7, 11) is 0. The van der Waals surface area contributed by atoms with Crippen LogP contribution in [0.4, 0.5) is 17.1 Å². The van der Waals surface area contributed by atoms with E-state index in [1.165, 1.54) is 12.8 Å². The lowest BCUT2D eigenvalue weighted by Gasteiger charge is -2.15. The molecule has 1 aliphatic carbocycles. The summed E-state index contributed by atoms with van der Waals surface area (Å²) in [5.41, 5.74) is 3.55. The predicted octanol–water partition coefficient (Wildman–Crippen LogP) is 2.48. The van der Waals surface area contributed by atoms with E-state index in [0.717, 1.165) is 13.0 Å². The van der Waals surface area contributed by atoms with Gasteiger partial charge in [0.05, 0.1) is 4.92 Å². The Balaban J connectivity index is 2.19. The van der Waals surface area contributed by atoms with Crippen LogP contribution in [0.5, 0.6) is 0 Å². The minimum atomic E-state index is -0.414. The molecule has 6 nitrogen and oxygen atoms in total. The van der Waals surface area contributed by atoms with Crippen LogP contribution in [0.3, 0.4) is 0 Å². The maximum atomic E-state index is 11.1. The molecule has 1 aromatic rings. The van der Waals surface area contributed by atoms with Crippen molar-refractivity contribution in [3.63, 3.8) is 0 Å². The van der Waals surface area contributed by atoms with Crippen molar-refractivity contribution >= 4 is 17.1 Å². The van der Waals surface area contributed by atoms with Crippen LogP contribution >= 0.6 is 0 Å². The zero-order valence-corrected chi connectivity index (χ0v) is 10.4. The van der Waals surface area contributed by atoms with Crippen LogP contribution in [0.1, 0.15) is 26.2 Å². The van der Waals surface area contributed by atoms with Gasteiger partial charge in [0.15, 0.2) is 0 Å². The number of nitrogen functional groups attached to an aromatic ring is 1. The number of nitrogens with zero attached hydrogens (tertiary/aromatic N) is 1. The van der Waals surface area contributed by atoms with Crippen molar-refractivity contribution in [2.45, 2.75) is 26.2 Å². The van der Waals surface area contributed by atoms with Crippen molar-refractivity contribution < 1.29 is 4.92 Å². The molecule has 0 radical (unpaired) electrons. The number of hydrazine groups is 1. The van der Waals surface area contributed by atoms with Gasteiger partial charge in [0, 0.05) is 6.54 Å². The van der Waals surface area contributed by atoms with E-state index in [1.807, 2.05) is 0 Å². The summed E-state index contributed by atoms with van der Waals surface area (Å²) in [4.78, 5) is 10.7. The molecule has 1 aliphatic rings. The Hall–Kier alpha value is -1.82. The molecule has 0 aromatic heterocycles. The average molecular weight is 250 g/mol. The third-order valence-corrected chi connectivity index (χ3v) is 3.74. The lowest BCUT2D eigenvalue weighted by molar-refractivity contribution is -0.383. The third-order valence-electron chi connectivity index (χ3n) is 3.74. The normalized spacial score (nSPS) is 16.1. The van der Waals surface area contributed by atoms with E-state index in [1.54, 1.807) is 18.2 Å². The second kappa shape index (κ2) is 4.81. The van der Waals surface area contributed by atoms with E-state index in [-0.39, 0.29) is 5.69 Å². The molecule has 1 fully saturated rings. The molecule has 98 valence electrons. The number of anilines is 2. The number of hydrogen-bond donors (Lipinski definition) is 3. The molecule has 6 heteroatoms. The smallest absolute Gasteiger partial charge is 0.316 e. The number of rotatable bonds is 6. The highest BCUT2D eigenvalue weighted by Gasteiger charge is 2.40. The maximum absolute atomic E-state index is 11.1. The van der Waals surface area contributed by atoms with Crippen LogP contribution < -0.4 is 16.6 Å². The van der Waals surface area contributed by atoms with Gasteiger partial charge in [0.25, 0.3) is 0 Å². The van der Waals surface area contributed by atoms with Crippen LogP contribution in [0.2, 0.25) is 0 Å². The molecule has 0 aliphatic heterocycles. The van der Waals surface area contributed by atoms with Crippen LogP contribution in [0.15, 0.2) is 18.2 Å². The van der Waals surface area contributed by atoms with Crippen LogP contribution in [-0.4, -0.2) is 11.5 Å². The number of nitro groups is 1. The first kappa shape index (κ1) is 12.6. The van der Waals surface area contributed by atoms with Crippen LogP contribution in [-0.2, 0) is 0 Å².